The van der Waals surface area contributed by atoms with Gasteiger partial charge in [0.25, 0.3) is 5.91 Å². The van der Waals surface area contributed by atoms with Crippen molar-refractivity contribution in [3.05, 3.63) is 30.1 Å². The van der Waals surface area contributed by atoms with Crippen molar-refractivity contribution in [3.63, 3.8) is 0 Å². The van der Waals surface area contributed by atoms with Crippen molar-refractivity contribution in [1.82, 2.24) is 15.3 Å². The zero-order valence-electron chi connectivity index (χ0n) is 12.1. The highest BCUT2D eigenvalue weighted by Crippen LogP contribution is 2.19. The van der Waals surface area contributed by atoms with Crippen LogP contribution in [0.1, 0.15) is 36.0 Å². The van der Waals surface area contributed by atoms with E-state index in [-0.39, 0.29) is 5.91 Å². The van der Waals surface area contributed by atoms with E-state index in [1.54, 1.807) is 6.33 Å². The Balaban J connectivity index is 1.45. The number of hydrogen-bond donors (Lipinski definition) is 2. The summed E-state index contributed by atoms with van der Waals surface area (Å²) in [6, 6.07) is 5.52. The number of hydrogen-bond acceptors (Lipinski definition) is 3. The van der Waals surface area contributed by atoms with Crippen molar-refractivity contribution in [2.24, 2.45) is 5.92 Å². The molecular formula is C16H21N3O2. The van der Waals surface area contributed by atoms with E-state index in [1.807, 2.05) is 18.2 Å². The summed E-state index contributed by atoms with van der Waals surface area (Å²) < 4.78 is 5.35. The molecule has 2 aromatic rings. The second-order valence-corrected chi connectivity index (χ2v) is 5.59. The Morgan fingerprint density at radius 3 is 3.10 bits per heavy atom. The van der Waals surface area contributed by atoms with Crippen LogP contribution in [-0.4, -0.2) is 35.6 Å². The fourth-order valence-electron chi connectivity index (χ4n) is 2.81. The van der Waals surface area contributed by atoms with Crippen LogP contribution < -0.4 is 5.32 Å². The number of carbonyl (C=O) groups is 1. The first-order valence-electron chi connectivity index (χ1n) is 7.62. The molecule has 21 heavy (non-hydrogen) atoms. The monoisotopic (exact) mass is 287 g/mol. The number of nitrogens with zero attached hydrogens (tertiary/aromatic N) is 1. The molecular weight excluding hydrogens is 266 g/mol. The first kappa shape index (κ1) is 14.1. The lowest BCUT2D eigenvalue weighted by Crippen LogP contribution is -2.25. The van der Waals surface area contributed by atoms with Gasteiger partial charge in [-0.15, -0.1) is 0 Å². The number of H-pyrrole nitrogens is 1. The summed E-state index contributed by atoms with van der Waals surface area (Å²) in [5.74, 6) is 0.746. The van der Waals surface area contributed by atoms with Crippen molar-refractivity contribution in [1.29, 1.82) is 0 Å². The van der Waals surface area contributed by atoms with Gasteiger partial charge in [-0.1, -0.05) is 0 Å². The number of aromatic amines is 1. The van der Waals surface area contributed by atoms with Crippen LogP contribution >= 0.6 is 0 Å². The molecule has 112 valence electrons. The van der Waals surface area contributed by atoms with E-state index in [1.165, 1.54) is 6.42 Å². The van der Waals surface area contributed by atoms with Crippen LogP contribution in [-0.2, 0) is 4.74 Å². The van der Waals surface area contributed by atoms with Gasteiger partial charge in [0, 0.05) is 25.3 Å². The minimum absolute atomic E-state index is 0.0153. The van der Waals surface area contributed by atoms with Gasteiger partial charge in [0.15, 0.2) is 0 Å². The standard InChI is InChI=1S/C16H21N3O2/c20-16(13-3-4-14-15(10-13)19-11-18-14)17-7-1-2-12-5-8-21-9-6-12/h3-4,10-12H,1-2,5-9H2,(H,17,20)(H,18,19). The van der Waals surface area contributed by atoms with Gasteiger partial charge in [-0.3, -0.25) is 4.79 Å². The normalized spacial score (nSPS) is 16.2. The molecule has 2 N–H and O–H groups in total. The molecule has 0 aliphatic carbocycles. The Morgan fingerprint density at radius 1 is 1.38 bits per heavy atom. The summed E-state index contributed by atoms with van der Waals surface area (Å²) in [6.07, 6.45) is 6.15. The van der Waals surface area contributed by atoms with E-state index < -0.39 is 0 Å². The number of aromatic nitrogens is 2. The number of amides is 1. The van der Waals surface area contributed by atoms with Crippen molar-refractivity contribution >= 4 is 16.9 Å². The van der Waals surface area contributed by atoms with Gasteiger partial charge in [0.05, 0.1) is 17.4 Å². The number of nitrogens with one attached hydrogen (secondary N) is 2. The zero-order chi connectivity index (χ0) is 14.5. The predicted octanol–water partition coefficient (Wildman–Crippen LogP) is 2.50. The highest BCUT2D eigenvalue weighted by Gasteiger charge is 2.13. The van der Waals surface area contributed by atoms with Crippen LogP contribution in [0.25, 0.3) is 11.0 Å². The van der Waals surface area contributed by atoms with E-state index >= 15 is 0 Å². The number of benzene rings is 1. The summed E-state index contributed by atoms with van der Waals surface area (Å²) in [4.78, 5) is 19.3. The first-order valence-corrected chi connectivity index (χ1v) is 7.62. The second kappa shape index (κ2) is 6.72. The van der Waals surface area contributed by atoms with Crippen molar-refractivity contribution < 1.29 is 9.53 Å². The molecule has 1 aliphatic rings. The van der Waals surface area contributed by atoms with E-state index in [9.17, 15) is 4.79 Å². The Labute approximate surface area is 124 Å². The van der Waals surface area contributed by atoms with Crippen molar-refractivity contribution in [2.45, 2.75) is 25.7 Å². The third kappa shape index (κ3) is 3.61. The summed E-state index contributed by atoms with van der Waals surface area (Å²) in [5.41, 5.74) is 2.45. The van der Waals surface area contributed by atoms with E-state index in [4.69, 9.17) is 4.74 Å². The molecule has 1 saturated heterocycles. The lowest BCUT2D eigenvalue weighted by molar-refractivity contribution is 0.0631. The van der Waals surface area contributed by atoms with Crippen LogP contribution in [0, 0.1) is 5.92 Å². The molecule has 1 aliphatic heterocycles. The molecule has 2 heterocycles. The minimum Gasteiger partial charge on any atom is -0.381 e. The average molecular weight is 287 g/mol. The molecule has 5 nitrogen and oxygen atoms in total. The number of carbonyl (C=O) groups excluding carboxylic acids is 1. The Morgan fingerprint density at radius 2 is 2.24 bits per heavy atom. The molecule has 1 fully saturated rings. The van der Waals surface area contributed by atoms with Crippen LogP contribution in [0.15, 0.2) is 24.5 Å². The van der Waals surface area contributed by atoms with Crippen molar-refractivity contribution in [2.75, 3.05) is 19.8 Å². The minimum atomic E-state index is -0.0153. The summed E-state index contributed by atoms with van der Waals surface area (Å²) in [5, 5.41) is 2.99. The smallest absolute Gasteiger partial charge is 0.251 e. The average Bonchev–Trinajstić information content (AvgIpc) is 3.00. The topological polar surface area (TPSA) is 67.0 Å². The van der Waals surface area contributed by atoms with Crippen LogP contribution in [0.3, 0.4) is 0 Å². The van der Waals surface area contributed by atoms with Gasteiger partial charge in [-0.05, 0) is 49.8 Å². The molecule has 0 atom stereocenters. The number of rotatable bonds is 5. The van der Waals surface area contributed by atoms with Crippen LogP contribution in [0.2, 0.25) is 0 Å². The third-order valence-corrected chi connectivity index (χ3v) is 4.10. The molecule has 0 spiro atoms. The largest absolute Gasteiger partial charge is 0.381 e. The fraction of sp³-hybridized carbons (Fsp3) is 0.500. The zero-order valence-corrected chi connectivity index (χ0v) is 12.1. The quantitative estimate of drug-likeness (QED) is 0.830. The van der Waals surface area contributed by atoms with Crippen LogP contribution in [0.4, 0.5) is 0 Å². The number of imidazole rings is 1. The summed E-state index contributed by atoms with van der Waals surface area (Å²) >= 11 is 0. The van der Waals surface area contributed by atoms with E-state index in [0.717, 1.165) is 56.0 Å². The molecule has 5 heteroatoms. The molecule has 1 aromatic carbocycles. The maximum Gasteiger partial charge on any atom is 0.251 e. The van der Waals surface area contributed by atoms with Gasteiger partial charge in [-0.25, -0.2) is 4.98 Å². The Bertz CT molecular complexity index is 602. The number of ether oxygens (including phenoxy) is 1. The lowest BCUT2D eigenvalue weighted by atomic mass is 9.95. The van der Waals surface area contributed by atoms with Crippen molar-refractivity contribution in [3.8, 4) is 0 Å². The van der Waals surface area contributed by atoms with Gasteiger partial charge in [-0.2, -0.15) is 0 Å². The Kier molecular flexibility index (Phi) is 4.50. The first-order chi connectivity index (χ1) is 10.3. The van der Waals surface area contributed by atoms with E-state index in [0.29, 0.717) is 5.56 Å². The lowest BCUT2D eigenvalue weighted by Gasteiger charge is -2.21. The van der Waals surface area contributed by atoms with E-state index in [2.05, 4.69) is 15.3 Å². The maximum absolute atomic E-state index is 12.1. The second-order valence-electron chi connectivity index (χ2n) is 5.59. The molecule has 3 rings (SSSR count). The predicted molar refractivity (Wildman–Crippen MR) is 81.2 cm³/mol. The van der Waals surface area contributed by atoms with Gasteiger partial charge >= 0.3 is 0 Å². The van der Waals surface area contributed by atoms with Gasteiger partial charge in [0.1, 0.15) is 0 Å². The molecule has 0 radical (unpaired) electrons. The molecule has 0 saturated carbocycles. The SMILES string of the molecule is O=C(NCCCC1CCOCC1)c1ccc2nc[nH]c2c1. The third-order valence-electron chi connectivity index (χ3n) is 4.10. The number of fused-ring (bicyclic) bond motifs is 1. The molecule has 1 aromatic heterocycles. The Hall–Kier alpha value is -1.88. The van der Waals surface area contributed by atoms with Gasteiger partial charge in [0.2, 0.25) is 0 Å². The van der Waals surface area contributed by atoms with Crippen LogP contribution in [0.5, 0.6) is 0 Å². The fourth-order valence-corrected chi connectivity index (χ4v) is 2.81. The summed E-state index contributed by atoms with van der Waals surface area (Å²) in [6.45, 7) is 2.51. The maximum atomic E-state index is 12.1. The highest BCUT2D eigenvalue weighted by molar-refractivity contribution is 5.97. The van der Waals surface area contributed by atoms with Gasteiger partial charge < -0.3 is 15.0 Å². The molecule has 1 amide bonds. The highest BCUT2D eigenvalue weighted by atomic mass is 16.5. The summed E-state index contributed by atoms with van der Waals surface area (Å²) in [7, 11) is 0. The molecule has 0 unspecified atom stereocenters. The molecule has 0 bridgehead atoms.